The van der Waals surface area contributed by atoms with Crippen molar-refractivity contribution in [3.8, 4) is 11.4 Å². The average molecular weight is 454 g/mol. The number of likely N-dealkylation sites (N-methyl/N-ethyl adjacent to an activating group) is 1. The van der Waals surface area contributed by atoms with Gasteiger partial charge in [0.2, 0.25) is 21.7 Å². The molecule has 0 spiro atoms. The number of rotatable bonds is 9. The van der Waals surface area contributed by atoms with Crippen molar-refractivity contribution in [1.29, 1.82) is 0 Å². The van der Waals surface area contributed by atoms with Crippen LogP contribution in [0, 0.1) is 0 Å². The molecular weight excluding hydrogens is 426 g/mol. The molecule has 8 nitrogen and oxygen atoms in total. The number of nitrogens with zero attached hydrogens (tertiary/aromatic N) is 3. The largest absolute Gasteiger partial charge is 0.361 e. The number of hydrogen-bond donors (Lipinski definition) is 2. The minimum absolute atomic E-state index is 0.102. The summed E-state index contributed by atoms with van der Waals surface area (Å²) in [6.07, 6.45) is 3.57. The molecule has 0 saturated carbocycles. The molecule has 0 bridgehead atoms. The number of aromatic amines is 1. The van der Waals surface area contributed by atoms with E-state index < -0.39 is 10.0 Å². The van der Waals surface area contributed by atoms with Gasteiger partial charge in [-0.25, -0.2) is 13.1 Å². The van der Waals surface area contributed by atoms with Crippen molar-refractivity contribution in [1.82, 2.24) is 24.7 Å². The van der Waals surface area contributed by atoms with Gasteiger partial charge in [0.05, 0.1) is 12.2 Å². The van der Waals surface area contributed by atoms with Gasteiger partial charge in [-0.15, -0.1) is 0 Å². The number of fused-ring (bicyclic) bond motifs is 1. The number of H-pyrrole nitrogens is 1. The van der Waals surface area contributed by atoms with Gasteiger partial charge in [0.25, 0.3) is 0 Å². The highest BCUT2D eigenvalue weighted by Gasteiger charge is 2.13. The molecule has 0 unspecified atom stereocenters. The predicted octanol–water partition coefficient (Wildman–Crippen LogP) is 2.96. The van der Waals surface area contributed by atoms with Gasteiger partial charge >= 0.3 is 0 Å². The third-order valence-electron chi connectivity index (χ3n) is 5.34. The standard InChI is InChI=1S/C23H27N5O3S/c1-24-32(29,30)15-17-5-4-6-18(11-17)23-26-22(31-27-23)13-16-7-8-21-20(12-16)19(14-25-21)9-10-28(2)3/h4-8,11-12,14,24-25H,9-10,13,15H2,1-3H3. The number of hydrogen-bond acceptors (Lipinski definition) is 6. The van der Waals surface area contributed by atoms with Crippen molar-refractivity contribution in [2.45, 2.75) is 18.6 Å². The summed E-state index contributed by atoms with van der Waals surface area (Å²) >= 11 is 0. The van der Waals surface area contributed by atoms with E-state index in [9.17, 15) is 8.42 Å². The molecule has 0 fully saturated rings. The number of benzene rings is 2. The Bertz CT molecular complexity index is 1320. The fraction of sp³-hybridized carbons (Fsp3) is 0.304. The maximum atomic E-state index is 11.8. The summed E-state index contributed by atoms with van der Waals surface area (Å²) in [5.41, 5.74) is 4.87. The topological polar surface area (TPSA) is 104 Å². The first-order chi connectivity index (χ1) is 15.3. The monoisotopic (exact) mass is 453 g/mol. The zero-order valence-corrected chi connectivity index (χ0v) is 19.2. The van der Waals surface area contributed by atoms with Crippen LogP contribution in [0.2, 0.25) is 0 Å². The van der Waals surface area contributed by atoms with E-state index in [-0.39, 0.29) is 5.75 Å². The summed E-state index contributed by atoms with van der Waals surface area (Å²) < 4.78 is 31.5. The zero-order valence-electron chi connectivity index (χ0n) is 18.4. The molecule has 168 valence electrons. The lowest BCUT2D eigenvalue weighted by molar-refractivity contribution is 0.386. The van der Waals surface area contributed by atoms with E-state index in [0.717, 1.165) is 29.6 Å². The van der Waals surface area contributed by atoms with Crippen LogP contribution in [0.15, 0.2) is 53.2 Å². The molecule has 2 aromatic carbocycles. The fourth-order valence-corrected chi connectivity index (χ4v) is 4.36. The molecule has 4 aromatic rings. The van der Waals surface area contributed by atoms with E-state index >= 15 is 0 Å². The minimum Gasteiger partial charge on any atom is -0.361 e. The van der Waals surface area contributed by atoms with Crippen molar-refractivity contribution in [3.05, 3.63) is 71.2 Å². The Morgan fingerprint density at radius 3 is 2.75 bits per heavy atom. The summed E-state index contributed by atoms with van der Waals surface area (Å²) in [5.74, 6) is 0.852. The van der Waals surface area contributed by atoms with Gasteiger partial charge < -0.3 is 14.4 Å². The van der Waals surface area contributed by atoms with Crippen LogP contribution >= 0.6 is 0 Å². The molecule has 32 heavy (non-hydrogen) atoms. The molecular formula is C23H27N5O3S. The first-order valence-corrected chi connectivity index (χ1v) is 12.0. The van der Waals surface area contributed by atoms with Gasteiger partial charge in [0.15, 0.2) is 0 Å². The SMILES string of the molecule is CNS(=O)(=O)Cc1cccc(-c2noc(Cc3ccc4[nH]cc(CCN(C)C)c4c3)n2)c1. The number of sulfonamides is 1. The van der Waals surface area contributed by atoms with E-state index in [1.807, 2.05) is 6.07 Å². The Morgan fingerprint density at radius 1 is 1.12 bits per heavy atom. The third kappa shape index (κ3) is 5.24. The van der Waals surface area contributed by atoms with Crippen LogP contribution in [0.3, 0.4) is 0 Å². The van der Waals surface area contributed by atoms with Crippen molar-refractivity contribution in [2.24, 2.45) is 0 Å². The van der Waals surface area contributed by atoms with Crippen molar-refractivity contribution in [3.63, 3.8) is 0 Å². The summed E-state index contributed by atoms with van der Waals surface area (Å²) in [4.78, 5) is 10.0. The highest BCUT2D eigenvalue weighted by atomic mass is 32.2. The molecule has 0 atom stereocenters. The molecule has 0 aliphatic carbocycles. The molecule has 0 radical (unpaired) electrons. The van der Waals surface area contributed by atoms with E-state index in [2.05, 4.69) is 63.2 Å². The van der Waals surface area contributed by atoms with Gasteiger partial charge in [0.1, 0.15) is 0 Å². The summed E-state index contributed by atoms with van der Waals surface area (Å²) in [6.45, 7) is 0.985. The van der Waals surface area contributed by atoms with Gasteiger partial charge in [-0.05, 0) is 62.5 Å². The van der Waals surface area contributed by atoms with Crippen LogP contribution in [-0.2, 0) is 28.6 Å². The lowest BCUT2D eigenvalue weighted by atomic mass is 10.1. The van der Waals surface area contributed by atoms with E-state index in [4.69, 9.17) is 4.52 Å². The maximum absolute atomic E-state index is 11.8. The molecule has 0 aliphatic heterocycles. The molecule has 0 aliphatic rings. The van der Waals surface area contributed by atoms with Crippen LogP contribution in [0.1, 0.15) is 22.6 Å². The molecule has 2 aromatic heterocycles. The molecule has 0 amide bonds. The minimum atomic E-state index is -3.35. The Kier molecular flexibility index (Phi) is 6.40. The molecule has 4 rings (SSSR count). The molecule has 9 heteroatoms. The lowest BCUT2D eigenvalue weighted by Crippen LogP contribution is -2.20. The normalized spacial score (nSPS) is 12.1. The summed E-state index contributed by atoms with van der Waals surface area (Å²) in [5, 5.41) is 5.31. The van der Waals surface area contributed by atoms with Gasteiger partial charge in [0, 0.05) is 29.2 Å². The Labute approximate surface area is 187 Å². The van der Waals surface area contributed by atoms with E-state index in [1.54, 1.807) is 18.2 Å². The Hall–Kier alpha value is -3.01. The first kappa shape index (κ1) is 22.2. The molecule has 2 N–H and O–H groups in total. The average Bonchev–Trinajstić information content (AvgIpc) is 3.39. The second-order valence-corrected chi connectivity index (χ2v) is 10.0. The van der Waals surface area contributed by atoms with Crippen LogP contribution in [0.4, 0.5) is 0 Å². The smallest absolute Gasteiger partial charge is 0.231 e. The quantitative estimate of drug-likeness (QED) is 0.404. The van der Waals surface area contributed by atoms with Gasteiger partial charge in [-0.3, -0.25) is 0 Å². The van der Waals surface area contributed by atoms with E-state index in [0.29, 0.717) is 23.7 Å². The number of nitrogens with one attached hydrogen (secondary N) is 2. The molecule has 2 heterocycles. The summed E-state index contributed by atoms with van der Waals surface area (Å²) in [7, 11) is 2.20. The van der Waals surface area contributed by atoms with Crippen molar-refractivity contribution in [2.75, 3.05) is 27.7 Å². The molecule has 0 saturated heterocycles. The Morgan fingerprint density at radius 2 is 1.97 bits per heavy atom. The van der Waals surface area contributed by atoms with Crippen LogP contribution in [0.25, 0.3) is 22.3 Å². The Balaban J connectivity index is 1.52. The second-order valence-electron chi connectivity index (χ2n) is 8.10. The van der Waals surface area contributed by atoms with Crippen LogP contribution in [0.5, 0.6) is 0 Å². The zero-order chi connectivity index (χ0) is 22.7. The second kappa shape index (κ2) is 9.23. The van der Waals surface area contributed by atoms with Gasteiger partial charge in [-0.2, -0.15) is 4.98 Å². The van der Waals surface area contributed by atoms with Gasteiger partial charge in [-0.1, -0.05) is 29.4 Å². The highest BCUT2D eigenvalue weighted by molar-refractivity contribution is 7.88. The number of aromatic nitrogens is 3. The highest BCUT2D eigenvalue weighted by Crippen LogP contribution is 2.23. The maximum Gasteiger partial charge on any atom is 0.231 e. The van der Waals surface area contributed by atoms with Crippen LogP contribution in [-0.4, -0.2) is 56.1 Å². The third-order valence-corrected chi connectivity index (χ3v) is 6.67. The van der Waals surface area contributed by atoms with Crippen molar-refractivity contribution < 1.29 is 12.9 Å². The predicted molar refractivity (Wildman–Crippen MR) is 125 cm³/mol. The lowest BCUT2D eigenvalue weighted by Gasteiger charge is -2.08. The van der Waals surface area contributed by atoms with Crippen molar-refractivity contribution >= 4 is 20.9 Å². The van der Waals surface area contributed by atoms with Crippen LogP contribution < -0.4 is 4.72 Å². The summed E-state index contributed by atoms with van der Waals surface area (Å²) in [6, 6.07) is 13.5. The first-order valence-electron chi connectivity index (χ1n) is 10.4. The fourth-order valence-electron chi connectivity index (χ4n) is 3.60. The van der Waals surface area contributed by atoms with E-state index in [1.165, 1.54) is 18.0 Å².